The largest absolute Gasteiger partial charge is 0.507 e. The van der Waals surface area contributed by atoms with Crippen molar-refractivity contribution in [2.24, 2.45) is 5.10 Å². The fourth-order valence-electron chi connectivity index (χ4n) is 3.98. The Kier molecular flexibility index (Phi) is 5.59. The SMILES string of the molecule is Cc1c(C(=O)N2CCN(C)CC2)oc2c1/C(=N/NC(=O)c1ccccc1O)CCC2. The molecule has 0 radical (unpaired) electrons. The summed E-state index contributed by atoms with van der Waals surface area (Å²) >= 11 is 0. The van der Waals surface area contributed by atoms with Gasteiger partial charge in [0.2, 0.25) is 0 Å². The zero-order valence-electron chi connectivity index (χ0n) is 17.3. The second-order valence-corrected chi connectivity index (χ2v) is 7.82. The molecule has 1 aliphatic heterocycles. The van der Waals surface area contributed by atoms with E-state index in [4.69, 9.17) is 4.42 Å². The number of rotatable bonds is 3. The number of nitrogens with zero attached hydrogens (tertiary/aromatic N) is 3. The fourth-order valence-corrected chi connectivity index (χ4v) is 3.98. The van der Waals surface area contributed by atoms with Crippen molar-refractivity contribution in [2.75, 3.05) is 33.2 Å². The van der Waals surface area contributed by atoms with E-state index in [0.29, 0.717) is 31.0 Å². The maximum absolute atomic E-state index is 13.0. The van der Waals surface area contributed by atoms with Crippen molar-refractivity contribution in [3.05, 3.63) is 52.5 Å². The third-order valence-corrected chi connectivity index (χ3v) is 5.75. The number of phenolic OH excluding ortho intramolecular Hbond substituents is 1. The number of carbonyl (C=O) groups is 2. The van der Waals surface area contributed by atoms with Gasteiger partial charge in [-0.25, -0.2) is 5.43 Å². The Hall–Kier alpha value is -3.13. The van der Waals surface area contributed by atoms with Gasteiger partial charge >= 0.3 is 0 Å². The standard InChI is InChI=1S/C22H26N4O4/c1-14-19-16(23-24-21(28)15-6-3-4-8-17(15)27)7-5-9-18(19)30-20(14)22(29)26-12-10-25(2)11-13-26/h3-4,6,8,27H,5,7,9-13H2,1-2H3,(H,24,28)/b23-16+. The molecule has 0 saturated carbocycles. The first-order valence-electron chi connectivity index (χ1n) is 10.2. The zero-order chi connectivity index (χ0) is 21.3. The summed E-state index contributed by atoms with van der Waals surface area (Å²) in [5.41, 5.74) is 4.97. The molecule has 1 aliphatic carbocycles. The van der Waals surface area contributed by atoms with Crippen LogP contribution in [0.4, 0.5) is 0 Å². The van der Waals surface area contributed by atoms with E-state index in [-0.39, 0.29) is 17.2 Å². The molecule has 8 nitrogen and oxygen atoms in total. The van der Waals surface area contributed by atoms with Crippen molar-refractivity contribution in [3.63, 3.8) is 0 Å². The lowest BCUT2D eigenvalue weighted by Gasteiger charge is -2.31. The molecular weight excluding hydrogens is 384 g/mol. The summed E-state index contributed by atoms with van der Waals surface area (Å²) in [7, 11) is 2.05. The van der Waals surface area contributed by atoms with Crippen LogP contribution in [0.15, 0.2) is 33.8 Å². The second-order valence-electron chi connectivity index (χ2n) is 7.82. The maximum Gasteiger partial charge on any atom is 0.289 e. The molecule has 0 spiro atoms. The van der Waals surface area contributed by atoms with Crippen molar-refractivity contribution in [1.29, 1.82) is 0 Å². The average molecular weight is 410 g/mol. The number of aromatic hydroxyl groups is 1. The number of aryl methyl sites for hydroxylation is 1. The molecule has 2 heterocycles. The Bertz CT molecular complexity index is 1000. The highest BCUT2D eigenvalue weighted by atomic mass is 16.4. The lowest BCUT2D eigenvalue weighted by atomic mass is 9.93. The van der Waals surface area contributed by atoms with Crippen LogP contribution in [0.25, 0.3) is 0 Å². The Labute approximate surface area is 175 Å². The van der Waals surface area contributed by atoms with Gasteiger partial charge in [0.05, 0.1) is 11.3 Å². The lowest BCUT2D eigenvalue weighted by molar-refractivity contribution is 0.0629. The van der Waals surface area contributed by atoms with Crippen molar-refractivity contribution in [1.82, 2.24) is 15.2 Å². The number of likely N-dealkylation sites (N-methyl/N-ethyl adjacent to an activating group) is 1. The summed E-state index contributed by atoms with van der Waals surface area (Å²) in [6, 6.07) is 6.32. The quantitative estimate of drug-likeness (QED) is 0.756. The first kappa shape index (κ1) is 20.2. The first-order valence-corrected chi connectivity index (χ1v) is 10.2. The molecule has 1 aromatic heterocycles. The maximum atomic E-state index is 13.0. The monoisotopic (exact) mass is 410 g/mol. The molecule has 2 N–H and O–H groups in total. The Morgan fingerprint density at radius 3 is 2.60 bits per heavy atom. The van der Waals surface area contributed by atoms with Gasteiger partial charge in [-0.15, -0.1) is 0 Å². The van der Waals surface area contributed by atoms with Gasteiger partial charge in [0, 0.05) is 43.7 Å². The van der Waals surface area contributed by atoms with E-state index >= 15 is 0 Å². The molecule has 1 saturated heterocycles. The number of nitrogens with one attached hydrogen (secondary N) is 1. The molecule has 0 unspecified atom stereocenters. The highest BCUT2D eigenvalue weighted by Gasteiger charge is 2.31. The van der Waals surface area contributed by atoms with Crippen LogP contribution in [0.2, 0.25) is 0 Å². The molecule has 4 rings (SSSR count). The molecule has 2 aliphatic rings. The number of benzene rings is 1. The molecule has 158 valence electrons. The van der Waals surface area contributed by atoms with Crippen LogP contribution in [0, 0.1) is 6.92 Å². The molecule has 1 fully saturated rings. The Morgan fingerprint density at radius 1 is 1.13 bits per heavy atom. The second kappa shape index (κ2) is 8.31. The summed E-state index contributed by atoms with van der Waals surface area (Å²) in [6.45, 7) is 4.92. The van der Waals surface area contributed by atoms with Crippen LogP contribution in [0.5, 0.6) is 5.75 Å². The number of hydrogen-bond acceptors (Lipinski definition) is 6. The number of furan rings is 1. The molecule has 30 heavy (non-hydrogen) atoms. The number of piperazine rings is 1. The fraction of sp³-hybridized carbons (Fsp3) is 0.409. The summed E-state index contributed by atoms with van der Waals surface area (Å²) in [4.78, 5) is 29.4. The minimum Gasteiger partial charge on any atom is -0.507 e. The molecule has 8 heteroatoms. The summed E-state index contributed by atoms with van der Waals surface area (Å²) in [5.74, 6) is 0.437. The summed E-state index contributed by atoms with van der Waals surface area (Å²) in [6.07, 6.45) is 2.24. The summed E-state index contributed by atoms with van der Waals surface area (Å²) in [5, 5.41) is 14.2. The number of phenols is 1. The predicted molar refractivity (Wildman–Crippen MR) is 112 cm³/mol. The van der Waals surface area contributed by atoms with Gasteiger partial charge in [-0.2, -0.15) is 5.10 Å². The van der Waals surface area contributed by atoms with Gasteiger partial charge in [-0.3, -0.25) is 9.59 Å². The van der Waals surface area contributed by atoms with Crippen LogP contribution in [-0.4, -0.2) is 65.7 Å². The predicted octanol–water partition coefficient (Wildman–Crippen LogP) is 2.15. The van der Waals surface area contributed by atoms with E-state index in [1.807, 2.05) is 18.9 Å². The topological polar surface area (TPSA) is 98.4 Å². The van der Waals surface area contributed by atoms with Crippen LogP contribution in [0.1, 0.15) is 50.6 Å². The molecule has 2 amide bonds. The summed E-state index contributed by atoms with van der Waals surface area (Å²) < 4.78 is 5.98. The third-order valence-electron chi connectivity index (χ3n) is 5.75. The molecule has 2 aromatic rings. The van der Waals surface area contributed by atoms with Crippen LogP contribution >= 0.6 is 0 Å². The molecule has 1 aromatic carbocycles. The number of para-hydroxylation sites is 1. The van der Waals surface area contributed by atoms with E-state index in [1.54, 1.807) is 12.1 Å². The van der Waals surface area contributed by atoms with E-state index in [1.165, 1.54) is 12.1 Å². The number of hydrogen-bond donors (Lipinski definition) is 2. The highest BCUT2D eigenvalue weighted by Crippen LogP contribution is 2.30. The first-order chi connectivity index (χ1) is 14.5. The zero-order valence-corrected chi connectivity index (χ0v) is 17.3. The highest BCUT2D eigenvalue weighted by molar-refractivity contribution is 6.07. The van der Waals surface area contributed by atoms with Crippen molar-refractivity contribution >= 4 is 17.5 Å². The van der Waals surface area contributed by atoms with Crippen molar-refractivity contribution < 1.29 is 19.1 Å². The van der Waals surface area contributed by atoms with E-state index < -0.39 is 5.91 Å². The van der Waals surface area contributed by atoms with E-state index in [9.17, 15) is 14.7 Å². The number of fused-ring (bicyclic) bond motifs is 1. The Balaban J connectivity index is 1.57. The minimum atomic E-state index is -0.484. The average Bonchev–Trinajstić information content (AvgIpc) is 3.09. The molecular formula is C22H26N4O4. The van der Waals surface area contributed by atoms with Gasteiger partial charge < -0.3 is 19.3 Å². The van der Waals surface area contributed by atoms with Gasteiger partial charge in [-0.05, 0) is 38.9 Å². The smallest absolute Gasteiger partial charge is 0.289 e. The molecule has 0 bridgehead atoms. The van der Waals surface area contributed by atoms with Crippen molar-refractivity contribution in [3.8, 4) is 5.75 Å². The van der Waals surface area contributed by atoms with Crippen LogP contribution in [-0.2, 0) is 6.42 Å². The van der Waals surface area contributed by atoms with Gasteiger partial charge in [0.1, 0.15) is 11.5 Å². The van der Waals surface area contributed by atoms with E-state index in [2.05, 4.69) is 15.4 Å². The normalized spacial score (nSPS) is 18.3. The number of carbonyl (C=O) groups excluding carboxylic acids is 2. The number of hydrazone groups is 1. The van der Waals surface area contributed by atoms with Gasteiger partial charge in [0.25, 0.3) is 11.8 Å². The van der Waals surface area contributed by atoms with Crippen molar-refractivity contribution in [2.45, 2.75) is 26.2 Å². The third kappa shape index (κ3) is 3.82. The van der Waals surface area contributed by atoms with Gasteiger partial charge in [0.15, 0.2) is 5.76 Å². The molecule has 0 atom stereocenters. The Morgan fingerprint density at radius 2 is 1.87 bits per heavy atom. The van der Waals surface area contributed by atoms with Crippen LogP contribution in [0.3, 0.4) is 0 Å². The van der Waals surface area contributed by atoms with Gasteiger partial charge in [-0.1, -0.05) is 12.1 Å². The number of amides is 2. The lowest BCUT2D eigenvalue weighted by Crippen LogP contribution is -2.47. The minimum absolute atomic E-state index is 0.0902. The van der Waals surface area contributed by atoms with Crippen LogP contribution < -0.4 is 5.43 Å². The van der Waals surface area contributed by atoms with E-state index in [0.717, 1.165) is 42.8 Å².